The van der Waals surface area contributed by atoms with Gasteiger partial charge < -0.3 is 4.90 Å². The van der Waals surface area contributed by atoms with E-state index in [1.807, 2.05) is 0 Å². The van der Waals surface area contributed by atoms with Gasteiger partial charge in [0.05, 0.1) is 11.7 Å². The van der Waals surface area contributed by atoms with Crippen LogP contribution in [0, 0.1) is 11.3 Å². The van der Waals surface area contributed by atoms with Gasteiger partial charge in [-0.15, -0.1) is 0 Å². The molecule has 2 rings (SSSR count). The number of carbonyl (C=O) groups excluding carboxylic acids is 1. The maximum Gasteiger partial charge on any atom is 0.243 e. The van der Waals surface area contributed by atoms with Crippen molar-refractivity contribution in [2.75, 3.05) is 6.54 Å². The summed E-state index contributed by atoms with van der Waals surface area (Å²) >= 11 is 0. The molecule has 0 bridgehead atoms. The van der Waals surface area contributed by atoms with Crippen molar-refractivity contribution < 1.29 is 4.79 Å². The van der Waals surface area contributed by atoms with Crippen LogP contribution in [0.25, 0.3) is 0 Å². The first-order valence-electron chi connectivity index (χ1n) is 8.40. The number of hydrogen-bond donors (Lipinski definition) is 1. The third-order valence-corrected chi connectivity index (χ3v) is 5.49. The average Bonchev–Trinajstić information content (AvgIpc) is 2.65. The number of carbonyl (C=O) groups is 1. The van der Waals surface area contributed by atoms with E-state index in [1.165, 1.54) is 32.1 Å². The van der Waals surface area contributed by atoms with Gasteiger partial charge in [-0.05, 0) is 37.5 Å². The molecular weight excluding hydrogens is 248 g/mol. The molecule has 0 aromatic heterocycles. The number of rotatable bonds is 4. The average molecular weight is 280 g/mol. The Hall–Kier alpha value is -0.570. The summed E-state index contributed by atoms with van der Waals surface area (Å²) in [6.45, 7) is 11.9. The van der Waals surface area contributed by atoms with Gasteiger partial charge in [0, 0.05) is 6.54 Å². The zero-order valence-corrected chi connectivity index (χ0v) is 14.0. The first kappa shape index (κ1) is 15.8. The lowest BCUT2D eigenvalue weighted by molar-refractivity contribution is -0.135. The monoisotopic (exact) mass is 280 g/mol. The molecule has 0 aromatic rings. The van der Waals surface area contributed by atoms with Crippen molar-refractivity contribution in [3.63, 3.8) is 0 Å². The predicted octanol–water partition coefficient (Wildman–Crippen LogP) is 3.54. The molecule has 2 atom stereocenters. The summed E-state index contributed by atoms with van der Waals surface area (Å²) in [4.78, 5) is 15.0. The van der Waals surface area contributed by atoms with Crippen LogP contribution < -0.4 is 5.32 Å². The molecule has 1 saturated heterocycles. The van der Waals surface area contributed by atoms with Crippen LogP contribution in [0.15, 0.2) is 0 Å². The van der Waals surface area contributed by atoms with Gasteiger partial charge in [0.1, 0.15) is 0 Å². The predicted molar refractivity (Wildman–Crippen MR) is 83.4 cm³/mol. The Labute approximate surface area is 124 Å². The Kier molecular flexibility index (Phi) is 4.48. The van der Waals surface area contributed by atoms with Gasteiger partial charge in [0.15, 0.2) is 0 Å². The van der Waals surface area contributed by atoms with Crippen molar-refractivity contribution in [2.45, 2.75) is 84.8 Å². The van der Waals surface area contributed by atoms with Crippen LogP contribution in [0.4, 0.5) is 0 Å². The second kappa shape index (κ2) is 5.67. The molecule has 1 aliphatic carbocycles. The number of hydrogen-bond acceptors (Lipinski definition) is 2. The van der Waals surface area contributed by atoms with Gasteiger partial charge in [-0.1, -0.05) is 47.0 Å². The van der Waals surface area contributed by atoms with E-state index in [1.54, 1.807) is 0 Å². The fourth-order valence-electron chi connectivity index (χ4n) is 3.83. The minimum atomic E-state index is -0.361. The largest absolute Gasteiger partial charge is 0.325 e. The van der Waals surface area contributed by atoms with Crippen LogP contribution in [0.3, 0.4) is 0 Å². The Morgan fingerprint density at radius 2 is 1.85 bits per heavy atom. The lowest BCUT2D eigenvalue weighted by Gasteiger charge is -2.39. The van der Waals surface area contributed by atoms with Gasteiger partial charge in [-0.3, -0.25) is 10.1 Å². The van der Waals surface area contributed by atoms with E-state index in [0.29, 0.717) is 17.2 Å². The fourth-order valence-corrected chi connectivity index (χ4v) is 3.83. The third kappa shape index (κ3) is 2.88. The molecule has 116 valence electrons. The summed E-state index contributed by atoms with van der Waals surface area (Å²) in [5.74, 6) is 0.769. The quantitative estimate of drug-likeness (QED) is 0.854. The Balaban J connectivity index is 2.16. The first-order valence-corrected chi connectivity index (χ1v) is 8.40. The summed E-state index contributed by atoms with van der Waals surface area (Å²) in [7, 11) is 0. The molecular formula is C17H32N2O. The van der Waals surface area contributed by atoms with Crippen LogP contribution in [0.2, 0.25) is 0 Å². The van der Waals surface area contributed by atoms with E-state index < -0.39 is 0 Å². The number of nitrogens with one attached hydrogen (secondary N) is 1. The van der Waals surface area contributed by atoms with Crippen LogP contribution in [0.5, 0.6) is 0 Å². The SMILES string of the molecule is CCC1(C)NC(C(C)C)N(CC2(C)CCCCC2)C1=O. The van der Waals surface area contributed by atoms with Crippen LogP contribution >= 0.6 is 0 Å². The van der Waals surface area contributed by atoms with E-state index in [-0.39, 0.29) is 11.7 Å². The molecule has 0 radical (unpaired) electrons. The van der Waals surface area contributed by atoms with Crippen molar-refractivity contribution in [1.82, 2.24) is 10.2 Å². The molecule has 2 aliphatic rings. The minimum absolute atomic E-state index is 0.200. The van der Waals surface area contributed by atoms with Crippen LogP contribution in [-0.2, 0) is 4.79 Å². The highest BCUT2D eigenvalue weighted by atomic mass is 16.2. The maximum atomic E-state index is 12.9. The Morgan fingerprint density at radius 1 is 1.25 bits per heavy atom. The second-order valence-corrected chi connectivity index (χ2v) is 7.82. The molecule has 1 saturated carbocycles. The summed E-state index contributed by atoms with van der Waals surface area (Å²) in [5.41, 5.74) is -0.0400. The summed E-state index contributed by atoms with van der Waals surface area (Å²) in [6.07, 6.45) is 7.61. The van der Waals surface area contributed by atoms with E-state index in [0.717, 1.165) is 13.0 Å². The zero-order chi connectivity index (χ0) is 15.0. The van der Waals surface area contributed by atoms with Crippen molar-refractivity contribution in [3.05, 3.63) is 0 Å². The molecule has 1 amide bonds. The van der Waals surface area contributed by atoms with Crippen molar-refractivity contribution in [2.24, 2.45) is 11.3 Å². The molecule has 1 aliphatic heterocycles. The summed E-state index contributed by atoms with van der Waals surface area (Å²) in [6, 6.07) is 0. The highest BCUT2D eigenvalue weighted by Crippen LogP contribution is 2.39. The second-order valence-electron chi connectivity index (χ2n) is 7.82. The third-order valence-electron chi connectivity index (χ3n) is 5.49. The molecule has 1 N–H and O–H groups in total. The Morgan fingerprint density at radius 3 is 2.35 bits per heavy atom. The van der Waals surface area contributed by atoms with Crippen LogP contribution in [0.1, 0.15) is 73.1 Å². The standard InChI is InChI=1S/C17H32N2O/c1-6-17(5)15(20)19(14(18-17)13(2)3)12-16(4)10-8-7-9-11-16/h13-14,18H,6-12H2,1-5H3. The van der Waals surface area contributed by atoms with Crippen LogP contribution in [-0.4, -0.2) is 29.1 Å². The first-order chi connectivity index (χ1) is 9.31. The van der Waals surface area contributed by atoms with Crippen molar-refractivity contribution in [1.29, 1.82) is 0 Å². The molecule has 2 fully saturated rings. The van der Waals surface area contributed by atoms with E-state index in [2.05, 4.69) is 44.8 Å². The van der Waals surface area contributed by atoms with E-state index in [9.17, 15) is 4.79 Å². The van der Waals surface area contributed by atoms with Gasteiger partial charge in [-0.2, -0.15) is 0 Å². The molecule has 20 heavy (non-hydrogen) atoms. The molecule has 1 heterocycles. The highest BCUT2D eigenvalue weighted by Gasteiger charge is 2.49. The molecule has 3 heteroatoms. The minimum Gasteiger partial charge on any atom is -0.325 e. The number of nitrogens with zero attached hydrogens (tertiary/aromatic N) is 1. The van der Waals surface area contributed by atoms with Gasteiger partial charge in [0.25, 0.3) is 0 Å². The summed E-state index contributed by atoms with van der Waals surface area (Å²) < 4.78 is 0. The highest BCUT2D eigenvalue weighted by molar-refractivity contribution is 5.88. The number of amides is 1. The smallest absolute Gasteiger partial charge is 0.243 e. The van der Waals surface area contributed by atoms with Crippen molar-refractivity contribution in [3.8, 4) is 0 Å². The topological polar surface area (TPSA) is 32.3 Å². The van der Waals surface area contributed by atoms with Gasteiger partial charge in [-0.25, -0.2) is 0 Å². The zero-order valence-electron chi connectivity index (χ0n) is 14.0. The lowest BCUT2D eigenvalue weighted by Crippen LogP contribution is -2.46. The molecule has 0 aromatic carbocycles. The molecule has 0 spiro atoms. The molecule has 3 nitrogen and oxygen atoms in total. The lowest BCUT2D eigenvalue weighted by atomic mass is 9.75. The summed E-state index contributed by atoms with van der Waals surface area (Å²) in [5, 5.41) is 3.60. The fraction of sp³-hybridized carbons (Fsp3) is 0.941. The van der Waals surface area contributed by atoms with Crippen molar-refractivity contribution >= 4 is 5.91 Å². The van der Waals surface area contributed by atoms with Gasteiger partial charge >= 0.3 is 0 Å². The van der Waals surface area contributed by atoms with E-state index >= 15 is 0 Å². The maximum absolute atomic E-state index is 12.9. The molecule has 2 unspecified atom stereocenters. The normalized spacial score (nSPS) is 34.0. The Bertz CT molecular complexity index is 360. The van der Waals surface area contributed by atoms with Gasteiger partial charge in [0.2, 0.25) is 5.91 Å². The van der Waals surface area contributed by atoms with E-state index in [4.69, 9.17) is 0 Å².